The number of nitrogens with zero attached hydrogens (tertiary/aromatic N) is 1. The lowest BCUT2D eigenvalue weighted by molar-refractivity contribution is 0.122. The molecular weight excluding hydrogens is 416 g/mol. The molecule has 188 valence electrons. The van der Waals surface area contributed by atoms with Crippen molar-refractivity contribution in [1.82, 2.24) is 5.32 Å². The normalized spacial score (nSPS) is 19.5. The first-order valence-electron chi connectivity index (χ1n) is 13.6. The highest BCUT2D eigenvalue weighted by Gasteiger charge is 2.36. The van der Waals surface area contributed by atoms with Crippen LogP contribution in [-0.4, -0.2) is 55.0 Å². The van der Waals surface area contributed by atoms with Crippen LogP contribution in [0.15, 0.2) is 4.99 Å². The van der Waals surface area contributed by atoms with E-state index < -0.39 is 8.80 Å². The van der Waals surface area contributed by atoms with Gasteiger partial charge in [-0.25, -0.2) is 0 Å². The van der Waals surface area contributed by atoms with Crippen molar-refractivity contribution in [1.29, 1.82) is 0 Å². The molecule has 0 aromatic carbocycles. The van der Waals surface area contributed by atoms with E-state index in [1.807, 2.05) is 0 Å². The molecule has 2 rings (SSSR count). The summed E-state index contributed by atoms with van der Waals surface area (Å²) in [6.45, 7) is 2.25. The third-order valence-electron chi connectivity index (χ3n) is 7.53. The van der Waals surface area contributed by atoms with Crippen molar-refractivity contribution in [2.75, 3.05) is 34.4 Å². The van der Waals surface area contributed by atoms with Crippen LogP contribution in [0.3, 0.4) is 0 Å². The SMILES string of the molecule is CO[Si](CCCCCCNCCCC(CC1CCCCC1)=NC1CCCCC1)(OC)OC. The average molecular weight is 469 g/mol. The number of unbranched alkanes of at least 4 members (excludes halogenated alkanes) is 3. The van der Waals surface area contributed by atoms with Crippen molar-refractivity contribution in [2.45, 2.75) is 121 Å². The Morgan fingerprint density at radius 3 is 2.00 bits per heavy atom. The van der Waals surface area contributed by atoms with E-state index >= 15 is 0 Å². The predicted octanol–water partition coefficient (Wildman–Crippen LogP) is 6.54. The fourth-order valence-corrected chi connectivity index (χ4v) is 7.25. The van der Waals surface area contributed by atoms with E-state index in [0.29, 0.717) is 6.04 Å². The van der Waals surface area contributed by atoms with E-state index in [4.69, 9.17) is 18.3 Å². The number of hydrogen-bond acceptors (Lipinski definition) is 5. The number of hydrogen-bond donors (Lipinski definition) is 1. The smallest absolute Gasteiger partial charge is 0.377 e. The molecular formula is C26H52N2O3Si. The lowest BCUT2D eigenvalue weighted by Crippen LogP contribution is -2.42. The Kier molecular flexibility index (Phi) is 15.0. The van der Waals surface area contributed by atoms with Gasteiger partial charge in [-0.05, 0) is 64.0 Å². The summed E-state index contributed by atoms with van der Waals surface area (Å²) in [6.07, 6.45) is 22.6. The van der Waals surface area contributed by atoms with Crippen LogP contribution in [-0.2, 0) is 13.3 Å². The molecule has 0 unspecified atom stereocenters. The first-order chi connectivity index (χ1) is 15.7. The molecule has 5 nitrogen and oxygen atoms in total. The second-order valence-electron chi connectivity index (χ2n) is 10.0. The summed E-state index contributed by atoms with van der Waals surface area (Å²) in [4.78, 5) is 5.30. The summed E-state index contributed by atoms with van der Waals surface area (Å²) in [5, 5.41) is 3.67. The van der Waals surface area contributed by atoms with Gasteiger partial charge in [0.15, 0.2) is 0 Å². The standard InChI is InChI=1S/C26H52N2O3Si/c1-29-32(30-2,31-3)22-13-5-4-12-20-27-21-14-19-26(23-24-15-8-6-9-16-24)28-25-17-10-7-11-18-25/h24-25,27H,4-23H2,1-3H3. The van der Waals surface area contributed by atoms with Crippen molar-refractivity contribution < 1.29 is 13.3 Å². The van der Waals surface area contributed by atoms with Gasteiger partial charge in [0.05, 0.1) is 0 Å². The molecule has 2 fully saturated rings. The summed E-state index contributed by atoms with van der Waals surface area (Å²) >= 11 is 0. The molecule has 0 radical (unpaired) electrons. The molecule has 0 bridgehead atoms. The molecule has 0 saturated heterocycles. The molecule has 32 heavy (non-hydrogen) atoms. The van der Waals surface area contributed by atoms with Crippen LogP contribution in [0, 0.1) is 5.92 Å². The minimum absolute atomic E-state index is 0.631. The number of rotatable bonds is 17. The van der Waals surface area contributed by atoms with E-state index in [9.17, 15) is 0 Å². The van der Waals surface area contributed by atoms with Crippen molar-refractivity contribution in [2.24, 2.45) is 10.9 Å². The molecule has 1 N–H and O–H groups in total. The Morgan fingerprint density at radius 1 is 0.750 bits per heavy atom. The zero-order valence-corrected chi connectivity index (χ0v) is 22.5. The highest BCUT2D eigenvalue weighted by Crippen LogP contribution is 2.28. The minimum Gasteiger partial charge on any atom is -0.377 e. The molecule has 6 heteroatoms. The zero-order valence-electron chi connectivity index (χ0n) is 21.5. The maximum absolute atomic E-state index is 5.50. The molecule has 0 atom stereocenters. The van der Waals surface area contributed by atoms with Gasteiger partial charge in [-0.2, -0.15) is 0 Å². The molecule has 0 aromatic heterocycles. The Morgan fingerprint density at radius 2 is 1.34 bits per heavy atom. The van der Waals surface area contributed by atoms with Gasteiger partial charge in [0.25, 0.3) is 0 Å². The number of nitrogens with one attached hydrogen (secondary N) is 1. The van der Waals surface area contributed by atoms with Gasteiger partial charge in [0, 0.05) is 39.1 Å². The summed E-state index contributed by atoms with van der Waals surface area (Å²) in [6, 6.07) is 1.54. The lowest BCUT2D eigenvalue weighted by Gasteiger charge is -2.24. The zero-order chi connectivity index (χ0) is 22.9. The molecule has 0 amide bonds. The summed E-state index contributed by atoms with van der Waals surface area (Å²) in [7, 11) is 2.72. The van der Waals surface area contributed by atoms with Gasteiger partial charge in [-0.1, -0.05) is 64.2 Å². The van der Waals surface area contributed by atoms with Crippen LogP contribution in [0.5, 0.6) is 0 Å². The van der Waals surface area contributed by atoms with Crippen LogP contribution >= 0.6 is 0 Å². The second kappa shape index (κ2) is 17.2. The van der Waals surface area contributed by atoms with Gasteiger partial charge in [0.1, 0.15) is 0 Å². The summed E-state index contributed by atoms with van der Waals surface area (Å²) in [5.41, 5.74) is 1.55. The molecule has 0 heterocycles. The summed E-state index contributed by atoms with van der Waals surface area (Å²) < 4.78 is 16.5. The quantitative estimate of drug-likeness (QED) is 0.150. The van der Waals surface area contributed by atoms with Crippen molar-refractivity contribution in [3.05, 3.63) is 0 Å². The molecule has 2 saturated carbocycles. The number of aliphatic imine (C=N–C) groups is 1. The molecule has 0 spiro atoms. The third kappa shape index (κ3) is 11.2. The van der Waals surface area contributed by atoms with Gasteiger partial charge in [-0.15, -0.1) is 0 Å². The van der Waals surface area contributed by atoms with E-state index in [1.165, 1.54) is 103 Å². The Labute approximate surface area is 199 Å². The van der Waals surface area contributed by atoms with E-state index in [0.717, 1.165) is 31.5 Å². The molecule has 2 aliphatic rings. The maximum atomic E-state index is 5.50. The van der Waals surface area contributed by atoms with E-state index in [1.54, 1.807) is 27.0 Å². The van der Waals surface area contributed by atoms with Gasteiger partial charge in [-0.3, -0.25) is 4.99 Å². The highest BCUT2D eigenvalue weighted by molar-refractivity contribution is 6.60. The minimum atomic E-state index is -2.37. The van der Waals surface area contributed by atoms with Crippen molar-refractivity contribution in [3.63, 3.8) is 0 Å². The van der Waals surface area contributed by atoms with Crippen molar-refractivity contribution >= 4 is 14.5 Å². The largest absolute Gasteiger partial charge is 0.500 e. The van der Waals surface area contributed by atoms with Crippen LogP contribution in [0.1, 0.15) is 109 Å². The fourth-order valence-electron chi connectivity index (χ4n) is 5.46. The van der Waals surface area contributed by atoms with Gasteiger partial charge >= 0.3 is 8.80 Å². The van der Waals surface area contributed by atoms with Gasteiger partial charge in [0.2, 0.25) is 0 Å². The second-order valence-corrected chi connectivity index (χ2v) is 13.1. The topological polar surface area (TPSA) is 52.1 Å². The first kappa shape index (κ1) is 28.0. The first-order valence-corrected chi connectivity index (χ1v) is 15.6. The monoisotopic (exact) mass is 468 g/mol. The Balaban J connectivity index is 1.57. The predicted molar refractivity (Wildman–Crippen MR) is 138 cm³/mol. The Hall–Kier alpha value is -0.273. The van der Waals surface area contributed by atoms with E-state index in [-0.39, 0.29) is 0 Å². The summed E-state index contributed by atoms with van der Waals surface area (Å²) in [5.74, 6) is 0.912. The fraction of sp³-hybridized carbons (Fsp3) is 0.962. The average Bonchev–Trinajstić information content (AvgIpc) is 2.84. The van der Waals surface area contributed by atoms with E-state index in [2.05, 4.69) is 5.32 Å². The van der Waals surface area contributed by atoms with Crippen LogP contribution in [0.4, 0.5) is 0 Å². The van der Waals surface area contributed by atoms with Crippen LogP contribution in [0.2, 0.25) is 6.04 Å². The maximum Gasteiger partial charge on any atom is 0.500 e. The van der Waals surface area contributed by atoms with Crippen LogP contribution in [0.25, 0.3) is 0 Å². The molecule has 0 aliphatic heterocycles. The van der Waals surface area contributed by atoms with Gasteiger partial charge < -0.3 is 18.6 Å². The molecule has 2 aliphatic carbocycles. The Bertz CT molecular complexity index is 479. The lowest BCUT2D eigenvalue weighted by atomic mass is 9.84. The molecule has 0 aromatic rings. The third-order valence-corrected chi connectivity index (χ3v) is 10.4. The van der Waals surface area contributed by atoms with Crippen LogP contribution < -0.4 is 5.32 Å². The highest BCUT2D eigenvalue weighted by atomic mass is 28.4. The van der Waals surface area contributed by atoms with Crippen molar-refractivity contribution in [3.8, 4) is 0 Å².